The molecule has 0 bridgehead atoms. The second kappa shape index (κ2) is 8.49. The normalized spacial score (nSPS) is 13.5. The summed E-state index contributed by atoms with van der Waals surface area (Å²) in [4.78, 5) is 32.2. The van der Waals surface area contributed by atoms with Crippen molar-refractivity contribution in [2.45, 2.75) is 32.4 Å². The summed E-state index contributed by atoms with van der Waals surface area (Å²) < 4.78 is 5.38. The molecule has 0 unspecified atom stereocenters. The predicted octanol–water partition coefficient (Wildman–Crippen LogP) is 2.55. The summed E-state index contributed by atoms with van der Waals surface area (Å²) >= 11 is 1.39. The van der Waals surface area contributed by atoms with Gasteiger partial charge in [-0.1, -0.05) is 12.1 Å². The Bertz CT molecular complexity index is 819. The van der Waals surface area contributed by atoms with Crippen molar-refractivity contribution in [1.82, 2.24) is 15.2 Å². The largest absolute Gasteiger partial charge is 0.495 e. The molecular weight excluding hydrogens is 364 g/mol. The molecule has 1 N–H and O–H groups in total. The Morgan fingerprint density at radius 2 is 2.07 bits per heavy atom. The van der Waals surface area contributed by atoms with E-state index in [1.807, 2.05) is 41.6 Å². The fourth-order valence-corrected chi connectivity index (χ4v) is 3.64. The summed E-state index contributed by atoms with van der Waals surface area (Å²) in [5.74, 6) is 0.505. The van der Waals surface area contributed by atoms with Gasteiger partial charge >= 0.3 is 0 Å². The number of nitrogens with one attached hydrogen (secondary N) is 1. The zero-order valence-electron chi connectivity index (χ0n) is 15.8. The van der Waals surface area contributed by atoms with Crippen LogP contribution >= 0.6 is 11.3 Å². The van der Waals surface area contributed by atoms with Crippen molar-refractivity contribution < 1.29 is 14.3 Å². The number of nitrogens with zero attached hydrogens (tertiary/aromatic N) is 3. The van der Waals surface area contributed by atoms with E-state index in [0.717, 1.165) is 18.5 Å². The molecule has 1 heterocycles. The maximum absolute atomic E-state index is 12.3. The average molecular weight is 388 g/mol. The zero-order chi connectivity index (χ0) is 19.4. The summed E-state index contributed by atoms with van der Waals surface area (Å²) in [5, 5.41) is 5.47. The van der Waals surface area contributed by atoms with Crippen molar-refractivity contribution in [3.05, 3.63) is 35.3 Å². The number of benzene rings is 1. The monoisotopic (exact) mass is 388 g/mol. The molecule has 1 saturated carbocycles. The van der Waals surface area contributed by atoms with Gasteiger partial charge in [-0.3, -0.25) is 19.4 Å². The van der Waals surface area contributed by atoms with Crippen molar-refractivity contribution in [2.75, 3.05) is 25.6 Å². The van der Waals surface area contributed by atoms with Gasteiger partial charge in [-0.2, -0.15) is 0 Å². The lowest BCUT2D eigenvalue weighted by molar-refractivity contribution is -0.122. The molecule has 8 heteroatoms. The highest BCUT2D eigenvalue weighted by Gasteiger charge is 2.24. The summed E-state index contributed by atoms with van der Waals surface area (Å²) in [6, 6.07) is 7.72. The number of methoxy groups -OCH3 is 1. The van der Waals surface area contributed by atoms with Crippen molar-refractivity contribution in [3.8, 4) is 5.75 Å². The smallest absolute Gasteiger partial charge is 0.234 e. The summed E-state index contributed by atoms with van der Waals surface area (Å²) in [5.41, 5.74) is 1.48. The standard InChI is InChI=1S/C19H24N4O3S/c1-13(24)23(16-6-4-5-7-17(16)26-3)19-21-15(12-27-19)10-22(2)11-18(25)20-14-8-9-14/h4-7,12,14H,8-11H2,1-3H3,(H,20,25). The highest BCUT2D eigenvalue weighted by molar-refractivity contribution is 7.14. The number of likely N-dealkylation sites (N-methyl/N-ethyl adjacent to an activating group) is 1. The van der Waals surface area contributed by atoms with E-state index in [4.69, 9.17) is 4.74 Å². The van der Waals surface area contributed by atoms with Gasteiger partial charge in [-0.15, -0.1) is 11.3 Å². The highest BCUT2D eigenvalue weighted by Crippen LogP contribution is 2.35. The summed E-state index contributed by atoms with van der Waals surface area (Å²) in [6.45, 7) is 2.36. The van der Waals surface area contributed by atoms with Gasteiger partial charge in [-0.05, 0) is 32.0 Å². The number of amides is 2. The van der Waals surface area contributed by atoms with Crippen molar-refractivity contribution in [1.29, 1.82) is 0 Å². The molecular formula is C19H24N4O3S. The molecule has 27 heavy (non-hydrogen) atoms. The first-order chi connectivity index (χ1) is 13.0. The topological polar surface area (TPSA) is 74.8 Å². The van der Waals surface area contributed by atoms with Crippen LogP contribution in [0.2, 0.25) is 0 Å². The van der Waals surface area contributed by atoms with Crippen LogP contribution < -0.4 is 15.0 Å². The molecule has 0 saturated heterocycles. The van der Waals surface area contributed by atoms with Crippen LogP contribution in [-0.4, -0.2) is 48.4 Å². The number of hydrogen-bond acceptors (Lipinski definition) is 6. The number of hydrogen-bond donors (Lipinski definition) is 1. The van der Waals surface area contributed by atoms with Crippen molar-refractivity contribution in [3.63, 3.8) is 0 Å². The minimum absolute atomic E-state index is 0.0369. The lowest BCUT2D eigenvalue weighted by atomic mass is 10.2. The van der Waals surface area contributed by atoms with Gasteiger partial charge in [-0.25, -0.2) is 4.98 Å². The molecule has 1 aromatic carbocycles. The molecule has 2 aromatic rings. The SMILES string of the molecule is COc1ccccc1N(C(C)=O)c1nc(CN(C)CC(=O)NC2CC2)cs1. The minimum Gasteiger partial charge on any atom is -0.495 e. The fourth-order valence-electron chi connectivity index (χ4n) is 2.77. The maximum atomic E-state index is 12.3. The molecule has 1 fully saturated rings. The first-order valence-corrected chi connectivity index (χ1v) is 9.72. The Morgan fingerprint density at radius 3 is 2.74 bits per heavy atom. The molecule has 144 valence electrons. The number of aromatic nitrogens is 1. The number of carbonyl (C=O) groups excluding carboxylic acids is 2. The number of para-hydroxylation sites is 2. The molecule has 0 atom stereocenters. The van der Waals surface area contributed by atoms with Gasteiger partial charge in [0.25, 0.3) is 0 Å². The first kappa shape index (κ1) is 19.3. The Balaban J connectivity index is 1.70. The van der Waals surface area contributed by atoms with Crippen molar-refractivity contribution >= 4 is 34.0 Å². The molecule has 1 aromatic heterocycles. The molecule has 1 aliphatic carbocycles. The van der Waals surface area contributed by atoms with Crippen LogP contribution in [0.25, 0.3) is 0 Å². The lowest BCUT2D eigenvalue weighted by Crippen LogP contribution is -2.36. The molecule has 0 spiro atoms. The van der Waals surface area contributed by atoms with Gasteiger partial charge in [0, 0.05) is 24.9 Å². The second-order valence-electron chi connectivity index (χ2n) is 6.66. The second-order valence-corrected chi connectivity index (χ2v) is 7.50. The Labute approximate surface area is 162 Å². The van der Waals surface area contributed by atoms with E-state index in [-0.39, 0.29) is 11.8 Å². The van der Waals surface area contributed by atoms with E-state index in [1.54, 1.807) is 12.0 Å². The van der Waals surface area contributed by atoms with Gasteiger partial charge < -0.3 is 10.1 Å². The average Bonchev–Trinajstić information content (AvgIpc) is 3.32. The molecule has 3 rings (SSSR count). The lowest BCUT2D eigenvalue weighted by Gasteiger charge is -2.20. The van der Waals surface area contributed by atoms with E-state index >= 15 is 0 Å². The molecule has 0 aliphatic heterocycles. The number of anilines is 2. The third-order valence-electron chi connectivity index (χ3n) is 4.16. The van der Waals surface area contributed by atoms with Crippen molar-refractivity contribution in [2.24, 2.45) is 0 Å². The van der Waals surface area contributed by atoms with E-state index in [9.17, 15) is 9.59 Å². The molecule has 0 radical (unpaired) electrons. The van der Waals surface area contributed by atoms with Gasteiger partial charge in [0.2, 0.25) is 11.8 Å². The minimum atomic E-state index is -0.141. The van der Waals surface area contributed by atoms with Crippen LogP contribution in [0.4, 0.5) is 10.8 Å². The molecule has 1 aliphatic rings. The van der Waals surface area contributed by atoms with Crippen LogP contribution in [0.1, 0.15) is 25.5 Å². The van der Waals surface area contributed by atoms with E-state index in [1.165, 1.54) is 18.3 Å². The first-order valence-electron chi connectivity index (χ1n) is 8.84. The zero-order valence-corrected chi connectivity index (χ0v) is 16.6. The number of carbonyl (C=O) groups is 2. The third-order valence-corrected chi connectivity index (χ3v) is 5.03. The van der Waals surface area contributed by atoms with Crippen LogP contribution in [0, 0.1) is 0 Å². The molecule has 2 amide bonds. The Morgan fingerprint density at radius 1 is 1.33 bits per heavy atom. The third kappa shape index (κ3) is 5.05. The summed E-state index contributed by atoms with van der Waals surface area (Å²) in [7, 11) is 3.46. The predicted molar refractivity (Wildman–Crippen MR) is 105 cm³/mol. The number of thiazole rings is 1. The maximum Gasteiger partial charge on any atom is 0.234 e. The van der Waals surface area contributed by atoms with Crippen LogP contribution in [-0.2, 0) is 16.1 Å². The quantitative estimate of drug-likeness (QED) is 0.752. The Hall–Kier alpha value is -2.45. The fraction of sp³-hybridized carbons (Fsp3) is 0.421. The Kier molecular flexibility index (Phi) is 6.08. The van der Waals surface area contributed by atoms with E-state index in [2.05, 4.69) is 10.3 Å². The number of ether oxygens (including phenoxy) is 1. The van der Waals surface area contributed by atoms with E-state index < -0.39 is 0 Å². The number of rotatable bonds is 8. The van der Waals surface area contributed by atoms with Gasteiger partial charge in [0.15, 0.2) is 5.13 Å². The highest BCUT2D eigenvalue weighted by atomic mass is 32.1. The van der Waals surface area contributed by atoms with Crippen LogP contribution in [0.5, 0.6) is 5.75 Å². The van der Waals surface area contributed by atoms with Crippen LogP contribution in [0.3, 0.4) is 0 Å². The molecule has 7 nitrogen and oxygen atoms in total. The van der Waals surface area contributed by atoms with Gasteiger partial charge in [0.1, 0.15) is 5.75 Å². The van der Waals surface area contributed by atoms with Crippen LogP contribution in [0.15, 0.2) is 29.6 Å². The summed E-state index contributed by atoms with van der Waals surface area (Å²) in [6.07, 6.45) is 2.16. The van der Waals surface area contributed by atoms with Gasteiger partial charge in [0.05, 0.1) is 25.0 Å². The van der Waals surface area contributed by atoms with E-state index in [0.29, 0.717) is 35.7 Å².